The standard InChI is InChI=1S/C20H20Cl2N4O2/c1-11-9-15-17(20(27)26(11)8-7-25(2)3)16(13(10-23)19(24)28-15)12-5-4-6-14(21)18(12)22/h4-6,9,16H,7-8,24H2,1-3H3/t16-/m1/s1. The summed E-state index contributed by atoms with van der Waals surface area (Å²) in [6, 6.07) is 8.95. The zero-order chi connectivity index (χ0) is 20.6. The van der Waals surface area contributed by atoms with Crippen molar-refractivity contribution in [3.8, 4) is 11.8 Å². The van der Waals surface area contributed by atoms with Crippen LogP contribution in [-0.2, 0) is 6.54 Å². The molecule has 0 radical (unpaired) electrons. The molecule has 0 bridgehead atoms. The summed E-state index contributed by atoms with van der Waals surface area (Å²) in [5.74, 6) is -0.458. The zero-order valence-electron chi connectivity index (χ0n) is 15.8. The first kappa shape index (κ1) is 20.3. The molecule has 1 aliphatic heterocycles. The predicted octanol–water partition coefficient (Wildman–Crippen LogP) is 3.24. The molecular weight excluding hydrogens is 399 g/mol. The number of benzene rings is 1. The SMILES string of the molecule is Cc1cc2c(c(=O)n1CCN(C)C)[C@H](c1cccc(Cl)c1Cl)C(C#N)=C(N)O2. The van der Waals surface area contributed by atoms with E-state index in [1.165, 1.54) is 0 Å². The molecule has 6 nitrogen and oxygen atoms in total. The lowest BCUT2D eigenvalue weighted by molar-refractivity contribution is 0.369. The molecule has 0 amide bonds. The van der Waals surface area contributed by atoms with E-state index < -0.39 is 5.92 Å². The highest BCUT2D eigenvalue weighted by Gasteiger charge is 2.35. The maximum atomic E-state index is 13.4. The molecule has 1 aromatic carbocycles. The van der Waals surface area contributed by atoms with Crippen LogP contribution in [-0.4, -0.2) is 30.1 Å². The first-order chi connectivity index (χ1) is 13.3. The molecule has 0 spiro atoms. The lowest BCUT2D eigenvalue weighted by atomic mass is 9.84. The van der Waals surface area contributed by atoms with Crippen LogP contribution in [0.3, 0.4) is 0 Å². The molecule has 0 fully saturated rings. The van der Waals surface area contributed by atoms with Gasteiger partial charge in [0.1, 0.15) is 17.4 Å². The molecule has 3 rings (SSSR count). The Morgan fingerprint density at radius 2 is 2.07 bits per heavy atom. The van der Waals surface area contributed by atoms with E-state index in [1.54, 1.807) is 28.8 Å². The minimum atomic E-state index is -0.751. The lowest BCUT2D eigenvalue weighted by Gasteiger charge is -2.28. The van der Waals surface area contributed by atoms with Crippen molar-refractivity contribution in [3.05, 3.63) is 72.9 Å². The van der Waals surface area contributed by atoms with Crippen molar-refractivity contribution >= 4 is 23.2 Å². The van der Waals surface area contributed by atoms with Gasteiger partial charge in [0, 0.05) is 24.8 Å². The molecule has 1 atom stereocenters. The summed E-state index contributed by atoms with van der Waals surface area (Å²) in [5, 5.41) is 10.3. The van der Waals surface area contributed by atoms with Crippen molar-refractivity contribution in [3.63, 3.8) is 0 Å². The van der Waals surface area contributed by atoms with Gasteiger partial charge in [0.05, 0.1) is 21.5 Å². The summed E-state index contributed by atoms with van der Waals surface area (Å²) in [7, 11) is 3.88. The normalized spacial score (nSPS) is 16.0. The second kappa shape index (κ2) is 7.88. The molecular formula is C20H20Cl2N4O2. The summed E-state index contributed by atoms with van der Waals surface area (Å²) in [4.78, 5) is 15.4. The van der Waals surface area contributed by atoms with E-state index in [0.29, 0.717) is 35.0 Å². The minimum absolute atomic E-state index is 0.0408. The average Bonchev–Trinajstić information content (AvgIpc) is 2.62. The van der Waals surface area contributed by atoms with E-state index in [4.69, 9.17) is 33.7 Å². The maximum absolute atomic E-state index is 13.4. The van der Waals surface area contributed by atoms with Gasteiger partial charge in [0.25, 0.3) is 5.56 Å². The van der Waals surface area contributed by atoms with Gasteiger partial charge in [-0.1, -0.05) is 35.3 Å². The number of aryl methyl sites for hydroxylation is 1. The highest BCUT2D eigenvalue weighted by atomic mass is 35.5. The number of nitrogens with zero attached hydrogens (tertiary/aromatic N) is 3. The number of hydrogen-bond acceptors (Lipinski definition) is 5. The van der Waals surface area contributed by atoms with Crippen molar-refractivity contribution in [1.82, 2.24) is 9.47 Å². The number of halogens is 2. The number of pyridine rings is 1. The third-order valence-electron chi connectivity index (χ3n) is 4.75. The summed E-state index contributed by atoms with van der Waals surface area (Å²) in [6.45, 7) is 3.02. The van der Waals surface area contributed by atoms with Gasteiger partial charge in [-0.2, -0.15) is 5.26 Å². The van der Waals surface area contributed by atoms with Gasteiger partial charge in [-0.3, -0.25) is 4.79 Å². The Balaban J connectivity index is 2.29. The molecule has 28 heavy (non-hydrogen) atoms. The second-order valence-electron chi connectivity index (χ2n) is 6.89. The summed E-state index contributed by atoms with van der Waals surface area (Å²) < 4.78 is 7.31. The summed E-state index contributed by atoms with van der Waals surface area (Å²) in [6.07, 6.45) is 0. The van der Waals surface area contributed by atoms with Crippen LogP contribution in [0.5, 0.6) is 5.75 Å². The van der Waals surface area contributed by atoms with Crippen LogP contribution in [0.15, 0.2) is 40.5 Å². The number of nitriles is 1. The number of ether oxygens (including phenoxy) is 1. The number of allylic oxidation sites excluding steroid dienone is 1. The van der Waals surface area contributed by atoms with Crippen molar-refractivity contribution in [1.29, 1.82) is 5.26 Å². The monoisotopic (exact) mass is 418 g/mol. The third kappa shape index (κ3) is 3.49. The Labute approximate surface area is 173 Å². The fraction of sp³-hybridized carbons (Fsp3) is 0.300. The maximum Gasteiger partial charge on any atom is 0.258 e. The Bertz CT molecular complexity index is 1070. The van der Waals surface area contributed by atoms with E-state index in [0.717, 1.165) is 5.69 Å². The second-order valence-corrected chi connectivity index (χ2v) is 7.68. The van der Waals surface area contributed by atoms with E-state index in [9.17, 15) is 10.1 Å². The summed E-state index contributed by atoms with van der Waals surface area (Å²) >= 11 is 12.6. The molecule has 0 saturated carbocycles. The molecule has 0 saturated heterocycles. The van der Waals surface area contributed by atoms with Gasteiger partial charge < -0.3 is 19.9 Å². The zero-order valence-corrected chi connectivity index (χ0v) is 17.3. The molecule has 146 valence electrons. The third-order valence-corrected chi connectivity index (χ3v) is 5.59. The number of aromatic nitrogens is 1. The number of hydrogen-bond donors (Lipinski definition) is 1. The Morgan fingerprint density at radius 3 is 2.71 bits per heavy atom. The largest absolute Gasteiger partial charge is 0.440 e. The first-order valence-electron chi connectivity index (χ1n) is 8.66. The first-order valence-corrected chi connectivity index (χ1v) is 9.42. The minimum Gasteiger partial charge on any atom is -0.440 e. The molecule has 2 heterocycles. The molecule has 1 aliphatic rings. The van der Waals surface area contributed by atoms with Crippen LogP contribution >= 0.6 is 23.2 Å². The highest BCUT2D eigenvalue weighted by Crippen LogP contribution is 2.44. The predicted molar refractivity (Wildman–Crippen MR) is 110 cm³/mol. The van der Waals surface area contributed by atoms with Crippen LogP contribution in [0.25, 0.3) is 0 Å². The van der Waals surface area contributed by atoms with Crippen molar-refractivity contribution < 1.29 is 4.74 Å². The Hall–Kier alpha value is -2.46. The van der Waals surface area contributed by atoms with Crippen LogP contribution in [0.2, 0.25) is 10.0 Å². The Morgan fingerprint density at radius 1 is 1.36 bits per heavy atom. The molecule has 2 N–H and O–H groups in total. The van der Waals surface area contributed by atoms with Crippen LogP contribution in [0, 0.1) is 18.3 Å². The van der Waals surface area contributed by atoms with Crippen molar-refractivity contribution in [2.24, 2.45) is 5.73 Å². The van der Waals surface area contributed by atoms with E-state index in [2.05, 4.69) is 6.07 Å². The summed E-state index contributed by atoms with van der Waals surface area (Å²) in [5.41, 5.74) is 7.52. The molecule has 8 heteroatoms. The lowest BCUT2D eigenvalue weighted by Crippen LogP contribution is -2.34. The topological polar surface area (TPSA) is 84.3 Å². The van der Waals surface area contributed by atoms with Gasteiger partial charge in [-0.05, 0) is 32.6 Å². The highest BCUT2D eigenvalue weighted by molar-refractivity contribution is 6.42. The molecule has 0 aliphatic carbocycles. The number of likely N-dealkylation sites (N-methyl/N-ethyl adjacent to an activating group) is 1. The molecule has 1 aromatic heterocycles. The fourth-order valence-corrected chi connectivity index (χ4v) is 3.74. The Kier molecular flexibility index (Phi) is 5.71. The van der Waals surface area contributed by atoms with Gasteiger partial charge in [-0.25, -0.2) is 0 Å². The van der Waals surface area contributed by atoms with Crippen LogP contribution in [0.4, 0.5) is 0 Å². The number of fused-ring (bicyclic) bond motifs is 1. The number of rotatable bonds is 4. The van der Waals surface area contributed by atoms with E-state index in [1.807, 2.05) is 25.9 Å². The molecule has 0 unspecified atom stereocenters. The quantitative estimate of drug-likeness (QED) is 0.823. The fourth-order valence-electron chi connectivity index (χ4n) is 3.32. The van der Waals surface area contributed by atoms with Crippen molar-refractivity contribution in [2.45, 2.75) is 19.4 Å². The van der Waals surface area contributed by atoms with E-state index in [-0.39, 0.29) is 22.0 Å². The van der Waals surface area contributed by atoms with Gasteiger partial charge in [0.15, 0.2) is 0 Å². The van der Waals surface area contributed by atoms with E-state index >= 15 is 0 Å². The smallest absolute Gasteiger partial charge is 0.258 e. The van der Waals surface area contributed by atoms with Crippen LogP contribution < -0.4 is 16.0 Å². The van der Waals surface area contributed by atoms with Gasteiger partial charge in [0.2, 0.25) is 5.88 Å². The van der Waals surface area contributed by atoms with Crippen LogP contribution in [0.1, 0.15) is 22.7 Å². The average molecular weight is 419 g/mol. The molecule has 2 aromatic rings. The number of nitrogens with two attached hydrogens (primary N) is 1. The van der Waals surface area contributed by atoms with Crippen molar-refractivity contribution in [2.75, 3.05) is 20.6 Å². The van der Waals surface area contributed by atoms with Gasteiger partial charge >= 0.3 is 0 Å². The van der Waals surface area contributed by atoms with Gasteiger partial charge in [-0.15, -0.1) is 0 Å².